The molecular weight excluding hydrogens is 448 g/mol. The molecule has 3 heterocycles. The Morgan fingerprint density at radius 1 is 1.16 bits per heavy atom. The zero-order valence-electron chi connectivity index (χ0n) is 18.5. The smallest absolute Gasteiger partial charge is 0.266 e. The third kappa shape index (κ3) is 4.43. The van der Waals surface area contributed by atoms with E-state index in [-0.39, 0.29) is 10.8 Å². The standard InChI is InChI=1S/C22H26N4O4S2/c1-14-5-6-15(2)18(11-14)24-32(28,29)17-12-19(25(4)13-17)21-23-16(3)20(31-21)22(27)26-7-9-30-10-8-26/h5-6,11-13,24H,7-10H2,1-4H3. The summed E-state index contributed by atoms with van der Waals surface area (Å²) in [5.41, 5.74) is 3.65. The van der Waals surface area contributed by atoms with Crippen LogP contribution in [0.25, 0.3) is 10.7 Å². The van der Waals surface area contributed by atoms with Crippen molar-refractivity contribution in [2.24, 2.45) is 7.05 Å². The van der Waals surface area contributed by atoms with E-state index in [1.807, 2.05) is 32.0 Å². The van der Waals surface area contributed by atoms with Crippen molar-refractivity contribution in [3.8, 4) is 10.7 Å². The van der Waals surface area contributed by atoms with Crippen LogP contribution < -0.4 is 4.72 Å². The van der Waals surface area contributed by atoms with E-state index in [1.165, 1.54) is 11.3 Å². The third-order valence-corrected chi connectivity index (χ3v) is 7.94. The average molecular weight is 475 g/mol. The summed E-state index contributed by atoms with van der Waals surface area (Å²) in [6.07, 6.45) is 1.56. The maximum absolute atomic E-state index is 13.0. The Morgan fingerprint density at radius 3 is 2.59 bits per heavy atom. The maximum atomic E-state index is 13.0. The van der Waals surface area contributed by atoms with Crippen molar-refractivity contribution in [1.82, 2.24) is 14.5 Å². The van der Waals surface area contributed by atoms with Crippen LogP contribution >= 0.6 is 11.3 Å². The first-order chi connectivity index (χ1) is 15.2. The topological polar surface area (TPSA) is 93.5 Å². The number of carbonyl (C=O) groups is 1. The molecule has 170 valence electrons. The van der Waals surface area contributed by atoms with E-state index in [0.29, 0.717) is 53.3 Å². The highest BCUT2D eigenvalue weighted by molar-refractivity contribution is 7.92. The summed E-state index contributed by atoms with van der Waals surface area (Å²) in [5, 5.41) is 0.606. The third-order valence-electron chi connectivity index (χ3n) is 5.44. The second kappa shape index (κ2) is 8.68. The molecule has 32 heavy (non-hydrogen) atoms. The van der Waals surface area contributed by atoms with E-state index in [1.54, 1.807) is 35.7 Å². The quantitative estimate of drug-likeness (QED) is 0.612. The van der Waals surface area contributed by atoms with Crippen molar-refractivity contribution in [3.05, 3.63) is 52.2 Å². The monoisotopic (exact) mass is 474 g/mol. The molecule has 1 aromatic carbocycles. The van der Waals surface area contributed by atoms with E-state index in [0.717, 1.165) is 11.1 Å². The first-order valence-electron chi connectivity index (χ1n) is 10.3. The number of morpholine rings is 1. The fourth-order valence-electron chi connectivity index (χ4n) is 3.56. The summed E-state index contributed by atoms with van der Waals surface area (Å²) in [6.45, 7) is 7.75. The van der Waals surface area contributed by atoms with Gasteiger partial charge in [-0.05, 0) is 44.0 Å². The summed E-state index contributed by atoms with van der Waals surface area (Å²) in [4.78, 5) is 20.0. The number of hydrogen-bond donors (Lipinski definition) is 1. The number of nitrogens with zero attached hydrogens (tertiary/aromatic N) is 3. The molecule has 1 saturated heterocycles. The first-order valence-corrected chi connectivity index (χ1v) is 12.6. The number of aryl methyl sites for hydroxylation is 4. The lowest BCUT2D eigenvalue weighted by Gasteiger charge is -2.26. The van der Waals surface area contributed by atoms with Gasteiger partial charge in [0.25, 0.3) is 15.9 Å². The molecule has 0 saturated carbocycles. The Labute approximate surface area is 191 Å². The Morgan fingerprint density at radius 2 is 1.88 bits per heavy atom. The minimum atomic E-state index is -3.78. The van der Waals surface area contributed by atoms with Gasteiger partial charge in [0.2, 0.25) is 0 Å². The van der Waals surface area contributed by atoms with Gasteiger partial charge >= 0.3 is 0 Å². The SMILES string of the molecule is Cc1ccc(C)c(NS(=O)(=O)c2cc(-c3nc(C)c(C(=O)N4CCOCC4)s3)n(C)c2)c1. The molecule has 1 fully saturated rings. The van der Waals surface area contributed by atoms with Gasteiger partial charge < -0.3 is 14.2 Å². The zero-order valence-corrected chi connectivity index (χ0v) is 20.1. The minimum absolute atomic E-state index is 0.0619. The number of aromatic nitrogens is 2. The number of rotatable bonds is 5. The fraction of sp³-hybridized carbons (Fsp3) is 0.364. The van der Waals surface area contributed by atoms with Crippen LogP contribution in [0.4, 0.5) is 5.69 Å². The Bertz CT molecular complexity index is 1270. The fourth-order valence-corrected chi connectivity index (χ4v) is 5.84. The highest BCUT2D eigenvalue weighted by Crippen LogP contribution is 2.32. The van der Waals surface area contributed by atoms with Gasteiger partial charge in [-0.3, -0.25) is 9.52 Å². The summed E-state index contributed by atoms with van der Waals surface area (Å²) in [6, 6.07) is 7.22. The molecule has 2 aromatic heterocycles. The molecule has 0 aliphatic carbocycles. The number of ether oxygens (including phenoxy) is 1. The molecule has 0 unspecified atom stereocenters. The Hall–Kier alpha value is -2.69. The lowest BCUT2D eigenvalue weighted by Crippen LogP contribution is -2.40. The van der Waals surface area contributed by atoms with Gasteiger partial charge in [-0.25, -0.2) is 13.4 Å². The highest BCUT2D eigenvalue weighted by atomic mass is 32.2. The number of nitrogens with one attached hydrogen (secondary N) is 1. The van der Waals surface area contributed by atoms with Gasteiger partial charge in [0.15, 0.2) is 0 Å². The predicted molar refractivity (Wildman–Crippen MR) is 125 cm³/mol. The van der Waals surface area contributed by atoms with Crippen molar-refractivity contribution < 1.29 is 17.9 Å². The van der Waals surface area contributed by atoms with E-state index in [2.05, 4.69) is 9.71 Å². The summed E-state index contributed by atoms with van der Waals surface area (Å²) < 4.78 is 35.8. The van der Waals surface area contributed by atoms with Crippen molar-refractivity contribution in [2.45, 2.75) is 25.7 Å². The number of thiazole rings is 1. The van der Waals surface area contributed by atoms with Crippen LogP contribution in [0.2, 0.25) is 0 Å². The van der Waals surface area contributed by atoms with Crippen LogP contribution in [0.15, 0.2) is 35.4 Å². The second-order valence-electron chi connectivity index (χ2n) is 7.93. The van der Waals surface area contributed by atoms with E-state index < -0.39 is 10.0 Å². The maximum Gasteiger partial charge on any atom is 0.266 e. The number of carbonyl (C=O) groups excluding carboxylic acids is 1. The lowest BCUT2D eigenvalue weighted by molar-refractivity contribution is 0.0305. The highest BCUT2D eigenvalue weighted by Gasteiger charge is 2.25. The zero-order chi connectivity index (χ0) is 23.0. The molecule has 0 spiro atoms. The number of benzene rings is 1. The first kappa shape index (κ1) is 22.5. The van der Waals surface area contributed by atoms with Gasteiger partial charge in [-0.1, -0.05) is 12.1 Å². The normalized spacial score (nSPS) is 14.6. The van der Waals surface area contributed by atoms with Gasteiger partial charge in [-0.15, -0.1) is 11.3 Å². The molecule has 10 heteroatoms. The van der Waals surface area contributed by atoms with E-state index in [9.17, 15) is 13.2 Å². The second-order valence-corrected chi connectivity index (χ2v) is 10.6. The largest absolute Gasteiger partial charge is 0.378 e. The molecule has 0 bridgehead atoms. The van der Waals surface area contributed by atoms with Crippen molar-refractivity contribution in [2.75, 3.05) is 31.0 Å². The van der Waals surface area contributed by atoms with Crippen LogP contribution in [-0.2, 0) is 21.8 Å². The van der Waals surface area contributed by atoms with Crippen LogP contribution in [0.1, 0.15) is 26.5 Å². The molecule has 1 aliphatic heterocycles. The molecule has 0 atom stereocenters. The molecule has 1 N–H and O–H groups in total. The minimum Gasteiger partial charge on any atom is -0.378 e. The van der Waals surface area contributed by atoms with Gasteiger partial charge in [0.1, 0.15) is 14.8 Å². The van der Waals surface area contributed by atoms with Crippen LogP contribution in [0.5, 0.6) is 0 Å². The van der Waals surface area contributed by atoms with Gasteiger partial charge in [-0.2, -0.15) is 0 Å². The molecule has 8 nitrogen and oxygen atoms in total. The van der Waals surface area contributed by atoms with Crippen molar-refractivity contribution in [3.63, 3.8) is 0 Å². The number of sulfonamides is 1. The van der Waals surface area contributed by atoms with Crippen LogP contribution in [-0.4, -0.2) is 55.1 Å². The molecule has 1 amide bonds. The Balaban J connectivity index is 1.62. The summed E-state index contributed by atoms with van der Waals surface area (Å²) >= 11 is 1.28. The molecule has 0 radical (unpaired) electrons. The molecule has 3 aromatic rings. The van der Waals surface area contributed by atoms with Crippen LogP contribution in [0.3, 0.4) is 0 Å². The van der Waals surface area contributed by atoms with Crippen molar-refractivity contribution in [1.29, 1.82) is 0 Å². The average Bonchev–Trinajstić information content (AvgIpc) is 3.33. The Kier molecular flexibility index (Phi) is 6.11. The number of anilines is 1. The molecular formula is C22H26N4O4S2. The summed E-state index contributed by atoms with van der Waals surface area (Å²) in [5.74, 6) is -0.0619. The van der Waals surface area contributed by atoms with Gasteiger partial charge in [0.05, 0.1) is 30.3 Å². The van der Waals surface area contributed by atoms with E-state index >= 15 is 0 Å². The summed E-state index contributed by atoms with van der Waals surface area (Å²) in [7, 11) is -2.01. The lowest BCUT2D eigenvalue weighted by atomic mass is 10.1. The predicted octanol–water partition coefficient (Wildman–Crippen LogP) is 3.35. The molecule has 4 rings (SSSR count). The number of hydrogen-bond acceptors (Lipinski definition) is 6. The number of amides is 1. The van der Waals surface area contributed by atoms with Crippen LogP contribution in [0, 0.1) is 20.8 Å². The molecule has 1 aliphatic rings. The van der Waals surface area contributed by atoms with Gasteiger partial charge in [0, 0.05) is 26.3 Å². The van der Waals surface area contributed by atoms with E-state index in [4.69, 9.17) is 4.74 Å². The van der Waals surface area contributed by atoms with Crippen molar-refractivity contribution >= 4 is 33.0 Å².